The molecule has 0 saturated heterocycles. The third-order valence-corrected chi connectivity index (χ3v) is 6.52. The maximum Gasteiger partial charge on any atom is 0.211 e. The highest BCUT2D eigenvalue weighted by Crippen LogP contribution is 2.31. The Balaban J connectivity index is 1.94. The van der Waals surface area contributed by atoms with Gasteiger partial charge in [0.25, 0.3) is 0 Å². The molecule has 3 aromatic rings. The first-order valence-electron chi connectivity index (χ1n) is 9.72. The van der Waals surface area contributed by atoms with Gasteiger partial charge in [0, 0.05) is 49.3 Å². The molecule has 0 aliphatic carbocycles. The Morgan fingerprint density at radius 2 is 1.79 bits per heavy atom. The number of aromatic amines is 1. The lowest BCUT2D eigenvalue weighted by molar-refractivity contribution is 0.574. The van der Waals surface area contributed by atoms with Crippen molar-refractivity contribution in [3.63, 3.8) is 0 Å². The van der Waals surface area contributed by atoms with Crippen molar-refractivity contribution in [2.45, 2.75) is 25.7 Å². The van der Waals surface area contributed by atoms with Gasteiger partial charge in [-0.2, -0.15) is 0 Å². The fourth-order valence-electron chi connectivity index (χ4n) is 3.41. The maximum absolute atomic E-state index is 12.4. The highest BCUT2D eigenvalue weighted by molar-refractivity contribution is 7.89. The summed E-state index contributed by atoms with van der Waals surface area (Å²) in [5, 5.41) is 1.12. The third-order valence-electron chi connectivity index (χ3n) is 5.08. The van der Waals surface area contributed by atoms with Crippen LogP contribution in [0, 0.1) is 0 Å². The summed E-state index contributed by atoms with van der Waals surface area (Å²) in [4.78, 5) is 5.37. The number of nitrogens with one attached hydrogen (secondary N) is 2. The molecule has 0 bridgehead atoms. The van der Waals surface area contributed by atoms with Gasteiger partial charge in [0.15, 0.2) is 0 Å². The average Bonchev–Trinajstić information content (AvgIpc) is 3.11. The number of H-pyrrole nitrogens is 1. The Bertz CT molecular complexity index is 1010. The van der Waals surface area contributed by atoms with E-state index in [2.05, 4.69) is 44.9 Å². The lowest BCUT2D eigenvalue weighted by Gasteiger charge is -2.20. The van der Waals surface area contributed by atoms with Crippen LogP contribution < -0.4 is 9.62 Å². The summed E-state index contributed by atoms with van der Waals surface area (Å²) < 4.78 is 27.6. The molecule has 0 aliphatic heterocycles. The van der Waals surface area contributed by atoms with Gasteiger partial charge in [-0.15, -0.1) is 0 Å². The zero-order valence-electron chi connectivity index (χ0n) is 16.8. The zero-order chi connectivity index (χ0) is 20.1. The number of rotatable bonds is 9. The van der Waals surface area contributed by atoms with E-state index in [-0.39, 0.29) is 11.7 Å². The molecule has 0 spiro atoms. The number of hydrogen-bond donors (Lipinski definition) is 2. The predicted molar refractivity (Wildman–Crippen MR) is 118 cm³/mol. The van der Waals surface area contributed by atoms with Gasteiger partial charge in [-0.25, -0.2) is 13.1 Å². The van der Waals surface area contributed by atoms with Crippen molar-refractivity contribution in [3.8, 4) is 0 Å². The lowest BCUT2D eigenvalue weighted by atomic mass is 9.91. The van der Waals surface area contributed by atoms with Crippen LogP contribution in [0.4, 0.5) is 5.69 Å². The number of fused-ring (bicyclic) bond motifs is 1. The summed E-state index contributed by atoms with van der Waals surface area (Å²) in [5.41, 5.74) is 4.37. The molecule has 2 N–H and O–H groups in total. The van der Waals surface area contributed by atoms with Crippen LogP contribution in [0.3, 0.4) is 0 Å². The number of hydrogen-bond acceptors (Lipinski definition) is 3. The van der Waals surface area contributed by atoms with Gasteiger partial charge in [-0.3, -0.25) is 0 Å². The van der Waals surface area contributed by atoms with Gasteiger partial charge < -0.3 is 9.88 Å². The Morgan fingerprint density at radius 1 is 1.07 bits per heavy atom. The Morgan fingerprint density at radius 3 is 2.46 bits per heavy atom. The molecule has 0 aliphatic rings. The summed E-state index contributed by atoms with van der Waals surface area (Å²) in [7, 11) is 0.735. The molecule has 28 heavy (non-hydrogen) atoms. The molecule has 5 nitrogen and oxygen atoms in total. The van der Waals surface area contributed by atoms with E-state index in [1.54, 1.807) is 0 Å². The number of para-hydroxylation sites is 1. The molecule has 1 heterocycles. The molecule has 0 saturated carbocycles. The first kappa shape index (κ1) is 20.4. The lowest BCUT2D eigenvalue weighted by Crippen LogP contribution is -2.31. The van der Waals surface area contributed by atoms with Gasteiger partial charge in [-0.1, -0.05) is 43.7 Å². The second-order valence-electron chi connectivity index (χ2n) is 7.35. The second kappa shape index (κ2) is 8.80. The Hall–Kier alpha value is -2.31. The van der Waals surface area contributed by atoms with Crippen LogP contribution in [-0.2, 0) is 10.0 Å². The number of aromatic nitrogens is 1. The Kier molecular flexibility index (Phi) is 6.42. The van der Waals surface area contributed by atoms with E-state index in [1.165, 1.54) is 0 Å². The molecule has 1 unspecified atom stereocenters. The largest absolute Gasteiger partial charge is 0.378 e. The molecule has 0 fully saturated rings. The van der Waals surface area contributed by atoms with Crippen molar-refractivity contribution in [2.75, 3.05) is 31.3 Å². The van der Waals surface area contributed by atoms with E-state index in [9.17, 15) is 8.42 Å². The van der Waals surface area contributed by atoms with E-state index in [0.717, 1.165) is 34.1 Å². The summed E-state index contributed by atoms with van der Waals surface area (Å²) >= 11 is 0. The molecule has 150 valence electrons. The van der Waals surface area contributed by atoms with E-state index in [1.807, 2.05) is 45.4 Å². The molecule has 2 aromatic carbocycles. The summed E-state index contributed by atoms with van der Waals surface area (Å²) in [5.74, 6) is 0.104. The molecule has 0 radical (unpaired) electrons. The number of benzene rings is 2. The summed E-state index contributed by atoms with van der Waals surface area (Å²) in [6.45, 7) is 2.34. The molecule has 3 rings (SSSR count). The third kappa shape index (κ3) is 4.75. The molecule has 1 aromatic heterocycles. The number of unbranched alkanes of at least 4 members (excludes halogenated alkanes) is 1. The SMILES string of the molecule is CCCCS(=O)(=O)NCC(c1ccc(N(C)C)cc1)c1c[nH]c2ccccc12. The minimum atomic E-state index is -3.28. The van der Waals surface area contributed by atoms with Crippen molar-refractivity contribution in [1.82, 2.24) is 9.71 Å². The summed E-state index contributed by atoms with van der Waals surface area (Å²) in [6, 6.07) is 16.4. The zero-order valence-corrected chi connectivity index (χ0v) is 17.6. The van der Waals surface area contributed by atoms with Crippen molar-refractivity contribution in [2.24, 2.45) is 0 Å². The van der Waals surface area contributed by atoms with E-state index in [0.29, 0.717) is 13.0 Å². The molecule has 1 atom stereocenters. The van der Waals surface area contributed by atoms with Gasteiger partial charge >= 0.3 is 0 Å². The Labute approximate surface area is 167 Å². The smallest absolute Gasteiger partial charge is 0.211 e. The highest BCUT2D eigenvalue weighted by atomic mass is 32.2. The minimum absolute atomic E-state index is 0.0660. The fourth-order valence-corrected chi connectivity index (χ4v) is 4.64. The van der Waals surface area contributed by atoms with Crippen LogP contribution in [0.15, 0.2) is 54.7 Å². The molecule has 6 heteroatoms. The van der Waals surface area contributed by atoms with Gasteiger partial charge in [0.2, 0.25) is 10.0 Å². The van der Waals surface area contributed by atoms with Gasteiger partial charge in [0.05, 0.1) is 5.75 Å². The van der Waals surface area contributed by atoms with Crippen molar-refractivity contribution in [3.05, 3.63) is 65.9 Å². The van der Waals surface area contributed by atoms with E-state index >= 15 is 0 Å². The summed E-state index contributed by atoms with van der Waals surface area (Å²) in [6.07, 6.45) is 3.53. The first-order valence-corrected chi connectivity index (χ1v) is 11.4. The molecule has 0 amide bonds. The van der Waals surface area contributed by atoms with Crippen LogP contribution in [0.1, 0.15) is 36.8 Å². The monoisotopic (exact) mass is 399 g/mol. The van der Waals surface area contributed by atoms with Crippen LogP contribution in [0.2, 0.25) is 0 Å². The van der Waals surface area contributed by atoms with Crippen LogP contribution in [0.25, 0.3) is 10.9 Å². The standard InChI is InChI=1S/C22H29N3O2S/c1-4-5-14-28(26,27)24-16-20(17-10-12-18(13-11-17)25(2)3)21-15-23-22-9-7-6-8-19(21)22/h6-13,15,20,23-24H,4-5,14,16H2,1-3H3. The normalized spacial score (nSPS) is 13.0. The van der Waals surface area contributed by atoms with Gasteiger partial charge in [-0.05, 0) is 35.7 Å². The van der Waals surface area contributed by atoms with Crippen LogP contribution in [-0.4, -0.2) is 39.8 Å². The van der Waals surface area contributed by atoms with Crippen LogP contribution in [0.5, 0.6) is 0 Å². The topological polar surface area (TPSA) is 65.2 Å². The number of sulfonamides is 1. The highest BCUT2D eigenvalue weighted by Gasteiger charge is 2.21. The quantitative estimate of drug-likeness (QED) is 0.570. The average molecular weight is 400 g/mol. The van der Waals surface area contributed by atoms with Crippen molar-refractivity contribution in [1.29, 1.82) is 0 Å². The van der Waals surface area contributed by atoms with E-state index < -0.39 is 10.0 Å². The fraction of sp³-hybridized carbons (Fsp3) is 0.364. The van der Waals surface area contributed by atoms with Gasteiger partial charge in [0.1, 0.15) is 0 Å². The maximum atomic E-state index is 12.4. The first-order chi connectivity index (χ1) is 13.4. The number of anilines is 1. The minimum Gasteiger partial charge on any atom is -0.378 e. The number of nitrogens with zero attached hydrogens (tertiary/aromatic N) is 1. The van der Waals surface area contributed by atoms with Crippen molar-refractivity contribution < 1.29 is 8.42 Å². The molecular formula is C22H29N3O2S. The van der Waals surface area contributed by atoms with Crippen molar-refractivity contribution >= 4 is 26.6 Å². The van der Waals surface area contributed by atoms with Crippen LogP contribution >= 0.6 is 0 Å². The predicted octanol–water partition coefficient (Wildman–Crippen LogP) is 4.09. The second-order valence-corrected chi connectivity index (χ2v) is 9.28. The molecular weight excluding hydrogens is 370 g/mol. The van der Waals surface area contributed by atoms with E-state index in [4.69, 9.17) is 0 Å².